The summed E-state index contributed by atoms with van der Waals surface area (Å²) in [7, 11) is 1.44. The third-order valence-electron chi connectivity index (χ3n) is 3.80. The van der Waals surface area contributed by atoms with Crippen LogP contribution in [0.25, 0.3) is 0 Å². The van der Waals surface area contributed by atoms with Crippen molar-refractivity contribution in [2.24, 2.45) is 0 Å². The van der Waals surface area contributed by atoms with E-state index in [2.05, 4.69) is 5.32 Å². The molecule has 2 unspecified atom stereocenters. The molecule has 2 atom stereocenters. The molecule has 4 nitrogen and oxygen atoms in total. The lowest BCUT2D eigenvalue weighted by Gasteiger charge is -2.18. The highest BCUT2D eigenvalue weighted by Gasteiger charge is 2.12. The van der Waals surface area contributed by atoms with E-state index < -0.39 is 6.10 Å². The van der Waals surface area contributed by atoms with E-state index in [1.807, 2.05) is 38.1 Å². The van der Waals surface area contributed by atoms with Crippen LogP contribution in [0, 0.1) is 12.7 Å². The van der Waals surface area contributed by atoms with Crippen molar-refractivity contribution >= 4 is 0 Å². The fourth-order valence-electron chi connectivity index (χ4n) is 2.26. The number of ether oxygens (including phenoxy) is 2. The van der Waals surface area contributed by atoms with Crippen molar-refractivity contribution in [2.45, 2.75) is 26.0 Å². The quantitative estimate of drug-likeness (QED) is 0.779. The number of benzene rings is 2. The summed E-state index contributed by atoms with van der Waals surface area (Å²) in [4.78, 5) is 0. The van der Waals surface area contributed by atoms with Crippen LogP contribution in [-0.2, 0) is 0 Å². The number of hydrogen-bond acceptors (Lipinski definition) is 4. The van der Waals surface area contributed by atoms with Crippen molar-refractivity contribution in [3.05, 3.63) is 59.4 Å². The molecule has 0 heterocycles. The number of methoxy groups -OCH3 is 1. The Kier molecular flexibility index (Phi) is 6.58. The zero-order chi connectivity index (χ0) is 17.5. The summed E-state index contributed by atoms with van der Waals surface area (Å²) in [6.07, 6.45) is -0.643. The summed E-state index contributed by atoms with van der Waals surface area (Å²) in [6, 6.07) is 12.4. The standard InChI is InChI=1S/C19H24FNO3/c1-13-4-7-17(8-5-13)24-12-16(22)11-21-14(2)15-6-9-18(20)19(10-15)23-3/h4-10,14,16,21-22H,11-12H2,1-3H3. The molecule has 5 heteroatoms. The zero-order valence-electron chi connectivity index (χ0n) is 14.3. The molecule has 0 saturated heterocycles. The molecule has 0 spiro atoms. The number of nitrogens with one attached hydrogen (secondary N) is 1. The van der Waals surface area contributed by atoms with Crippen LogP contribution in [0.15, 0.2) is 42.5 Å². The van der Waals surface area contributed by atoms with Crippen molar-refractivity contribution in [1.29, 1.82) is 0 Å². The smallest absolute Gasteiger partial charge is 0.165 e. The molecule has 2 aromatic rings. The Labute approximate surface area is 142 Å². The van der Waals surface area contributed by atoms with Crippen LogP contribution in [0.1, 0.15) is 24.1 Å². The first-order valence-corrected chi connectivity index (χ1v) is 7.94. The van der Waals surface area contributed by atoms with E-state index in [4.69, 9.17) is 9.47 Å². The van der Waals surface area contributed by atoms with E-state index in [0.717, 1.165) is 16.9 Å². The second-order valence-electron chi connectivity index (χ2n) is 5.80. The molecule has 0 amide bonds. The van der Waals surface area contributed by atoms with E-state index in [1.165, 1.54) is 13.2 Å². The number of aryl methyl sites for hydroxylation is 1. The van der Waals surface area contributed by atoms with Gasteiger partial charge in [-0.1, -0.05) is 23.8 Å². The van der Waals surface area contributed by atoms with Crippen LogP contribution in [0.4, 0.5) is 4.39 Å². The molecule has 130 valence electrons. The van der Waals surface area contributed by atoms with Gasteiger partial charge in [0, 0.05) is 12.6 Å². The van der Waals surface area contributed by atoms with E-state index in [1.54, 1.807) is 12.1 Å². The molecule has 0 bridgehead atoms. The maximum atomic E-state index is 13.4. The lowest BCUT2D eigenvalue weighted by molar-refractivity contribution is 0.104. The predicted octanol–water partition coefficient (Wildman–Crippen LogP) is 3.23. The molecular weight excluding hydrogens is 309 g/mol. The number of rotatable bonds is 8. The lowest BCUT2D eigenvalue weighted by Crippen LogP contribution is -2.33. The second kappa shape index (κ2) is 8.66. The number of halogens is 1. The molecule has 0 aliphatic carbocycles. The van der Waals surface area contributed by atoms with Gasteiger partial charge >= 0.3 is 0 Å². The Bertz CT molecular complexity index is 646. The van der Waals surface area contributed by atoms with Crippen molar-refractivity contribution in [3.63, 3.8) is 0 Å². The summed E-state index contributed by atoms with van der Waals surface area (Å²) in [5.41, 5.74) is 2.05. The first-order chi connectivity index (χ1) is 11.5. The fourth-order valence-corrected chi connectivity index (χ4v) is 2.26. The molecular formula is C19H24FNO3. The minimum Gasteiger partial charge on any atom is -0.494 e. The molecule has 0 fully saturated rings. The Morgan fingerprint density at radius 1 is 1.17 bits per heavy atom. The van der Waals surface area contributed by atoms with Crippen LogP contribution in [-0.4, -0.2) is 31.5 Å². The van der Waals surface area contributed by atoms with E-state index in [-0.39, 0.29) is 24.2 Å². The van der Waals surface area contributed by atoms with Crippen molar-refractivity contribution in [3.8, 4) is 11.5 Å². The highest BCUT2D eigenvalue weighted by Crippen LogP contribution is 2.22. The molecule has 0 radical (unpaired) electrons. The summed E-state index contributed by atoms with van der Waals surface area (Å²) in [5, 5.41) is 13.2. The van der Waals surface area contributed by atoms with Crippen LogP contribution in [0.5, 0.6) is 11.5 Å². The number of aliphatic hydroxyl groups excluding tert-OH is 1. The minimum atomic E-state index is -0.643. The van der Waals surface area contributed by atoms with Gasteiger partial charge in [-0.2, -0.15) is 0 Å². The third-order valence-corrected chi connectivity index (χ3v) is 3.80. The number of aliphatic hydroxyl groups is 1. The maximum absolute atomic E-state index is 13.4. The van der Waals surface area contributed by atoms with Gasteiger partial charge in [-0.25, -0.2) is 4.39 Å². The molecule has 2 N–H and O–H groups in total. The minimum absolute atomic E-state index is 0.0477. The van der Waals surface area contributed by atoms with Crippen LogP contribution < -0.4 is 14.8 Å². The van der Waals surface area contributed by atoms with E-state index >= 15 is 0 Å². The molecule has 2 aromatic carbocycles. The van der Waals surface area contributed by atoms with Gasteiger partial charge in [0.1, 0.15) is 18.5 Å². The maximum Gasteiger partial charge on any atom is 0.165 e. The first kappa shape index (κ1) is 18.2. The van der Waals surface area contributed by atoms with E-state index in [9.17, 15) is 9.50 Å². The van der Waals surface area contributed by atoms with Crippen LogP contribution >= 0.6 is 0 Å². The molecule has 0 saturated carbocycles. The van der Waals surface area contributed by atoms with Gasteiger partial charge in [0.2, 0.25) is 0 Å². The van der Waals surface area contributed by atoms with Gasteiger partial charge < -0.3 is 19.9 Å². The Balaban J connectivity index is 1.80. The SMILES string of the molecule is COc1cc(C(C)NCC(O)COc2ccc(C)cc2)ccc1F. The molecule has 2 rings (SSSR count). The second-order valence-corrected chi connectivity index (χ2v) is 5.80. The van der Waals surface area contributed by atoms with Crippen molar-refractivity contribution < 1.29 is 19.0 Å². The van der Waals surface area contributed by atoms with Crippen LogP contribution in [0.2, 0.25) is 0 Å². The fraction of sp³-hybridized carbons (Fsp3) is 0.368. The molecule has 24 heavy (non-hydrogen) atoms. The lowest BCUT2D eigenvalue weighted by atomic mass is 10.1. The normalized spacial score (nSPS) is 13.4. The summed E-state index contributed by atoms with van der Waals surface area (Å²) < 4.78 is 24.0. The molecule has 0 aliphatic rings. The summed E-state index contributed by atoms with van der Waals surface area (Å²) >= 11 is 0. The zero-order valence-corrected chi connectivity index (χ0v) is 14.3. The van der Waals surface area contributed by atoms with Crippen molar-refractivity contribution in [2.75, 3.05) is 20.3 Å². The largest absolute Gasteiger partial charge is 0.494 e. The molecule has 0 aromatic heterocycles. The predicted molar refractivity (Wildman–Crippen MR) is 92.1 cm³/mol. The Hall–Kier alpha value is -2.11. The highest BCUT2D eigenvalue weighted by atomic mass is 19.1. The van der Waals surface area contributed by atoms with Gasteiger partial charge in [-0.15, -0.1) is 0 Å². The van der Waals surface area contributed by atoms with Gasteiger partial charge in [0.15, 0.2) is 11.6 Å². The van der Waals surface area contributed by atoms with Crippen LogP contribution in [0.3, 0.4) is 0 Å². The number of hydrogen-bond donors (Lipinski definition) is 2. The third kappa shape index (κ3) is 5.22. The first-order valence-electron chi connectivity index (χ1n) is 7.94. The van der Waals surface area contributed by atoms with Gasteiger partial charge in [0.25, 0.3) is 0 Å². The summed E-state index contributed by atoms with van der Waals surface area (Å²) in [6.45, 7) is 4.52. The Morgan fingerprint density at radius 2 is 1.88 bits per heavy atom. The average molecular weight is 333 g/mol. The highest BCUT2D eigenvalue weighted by molar-refractivity contribution is 5.32. The monoisotopic (exact) mass is 333 g/mol. The van der Waals surface area contributed by atoms with Gasteiger partial charge in [-0.05, 0) is 43.7 Å². The van der Waals surface area contributed by atoms with Gasteiger partial charge in [-0.3, -0.25) is 0 Å². The van der Waals surface area contributed by atoms with E-state index in [0.29, 0.717) is 6.54 Å². The van der Waals surface area contributed by atoms with Crippen molar-refractivity contribution in [1.82, 2.24) is 5.32 Å². The summed E-state index contributed by atoms with van der Waals surface area (Å²) in [5.74, 6) is 0.556. The van der Waals surface area contributed by atoms with Gasteiger partial charge in [0.05, 0.1) is 7.11 Å². The molecule has 0 aliphatic heterocycles. The Morgan fingerprint density at radius 3 is 2.54 bits per heavy atom. The average Bonchev–Trinajstić information content (AvgIpc) is 2.59. The topological polar surface area (TPSA) is 50.7 Å².